The molecule has 1 aromatic carbocycles. The van der Waals surface area contributed by atoms with Gasteiger partial charge in [0.15, 0.2) is 5.76 Å². The second-order valence-electron chi connectivity index (χ2n) is 8.82. The second kappa shape index (κ2) is 8.23. The molecule has 6 rings (SSSR count). The average molecular weight is 456 g/mol. The summed E-state index contributed by atoms with van der Waals surface area (Å²) in [7, 11) is 1.89. The second-order valence-corrected chi connectivity index (χ2v) is 8.82. The molecule has 1 saturated heterocycles. The molecule has 0 amide bonds. The van der Waals surface area contributed by atoms with Gasteiger partial charge in [-0.1, -0.05) is 35.5 Å². The highest BCUT2D eigenvalue weighted by atomic mass is 16.5. The quantitative estimate of drug-likeness (QED) is 0.410. The summed E-state index contributed by atoms with van der Waals surface area (Å²) in [4.78, 5) is 7.79. The van der Waals surface area contributed by atoms with Crippen LogP contribution in [0, 0.1) is 5.92 Å². The van der Waals surface area contributed by atoms with Crippen molar-refractivity contribution in [2.45, 2.75) is 18.4 Å². The van der Waals surface area contributed by atoms with E-state index in [9.17, 15) is 5.11 Å². The molecule has 0 radical (unpaired) electrons. The maximum absolute atomic E-state index is 12.1. The standard InChI is InChI=1S/C26H25N5O3/c1-31-16-18(14-29-31)17-11-21-22(15-28-25(21)27-13-17)23-12-24(30-34-23)26(32,19-5-3-2-4-6-19)20-7-9-33-10-8-20/h2-6,11-16,20,32H,7-10H2,1H3,(H,27,28). The van der Waals surface area contributed by atoms with E-state index in [4.69, 9.17) is 9.26 Å². The highest BCUT2D eigenvalue weighted by molar-refractivity contribution is 5.94. The zero-order valence-electron chi connectivity index (χ0n) is 18.8. The van der Waals surface area contributed by atoms with E-state index in [1.165, 1.54) is 0 Å². The number of aromatic amines is 1. The minimum atomic E-state index is -1.27. The lowest BCUT2D eigenvalue weighted by atomic mass is 9.75. The Morgan fingerprint density at radius 1 is 1.09 bits per heavy atom. The minimum Gasteiger partial charge on any atom is -0.381 e. The molecule has 5 heterocycles. The van der Waals surface area contributed by atoms with Crippen LogP contribution in [0.1, 0.15) is 24.1 Å². The summed E-state index contributed by atoms with van der Waals surface area (Å²) in [5.41, 5.74) is 3.59. The summed E-state index contributed by atoms with van der Waals surface area (Å²) in [5.74, 6) is 0.552. The van der Waals surface area contributed by atoms with Crippen molar-refractivity contribution in [3.63, 3.8) is 0 Å². The number of nitrogens with zero attached hydrogens (tertiary/aromatic N) is 4. The molecule has 8 nitrogen and oxygen atoms in total. The molecule has 1 unspecified atom stereocenters. The third-order valence-corrected chi connectivity index (χ3v) is 6.76. The maximum atomic E-state index is 12.1. The smallest absolute Gasteiger partial charge is 0.169 e. The van der Waals surface area contributed by atoms with Crippen molar-refractivity contribution in [3.8, 4) is 22.5 Å². The lowest BCUT2D eigenvalue weighted by Crippen LogP contribution is -2.40. The highest BCUT2D eigenvalue weighted by Gasteiger charge is 2.43. The number of H-pyrrole nitrogens is 1. The average Bonchev–Trinajstić information content (AvgIpc) is 3.64. The van der Waals surface area contributed by atoms with Crippen LogP contribution in [0.15, 0.2) is 71.8 Å². The first-order chi connectivity index (χ1) is 16.6. The number of benzene rings is 1. The first-order valence-corrected chi connectivity index (χ1v) is 11.4. The molecule has 5 aromatic rings. The van der Waals surface area contributed by atoms with Gasteiger partial charge in [-0.15, -0.1) is 0 Å². The van der Waals surface area contributed by atoms with Crippen LogP contribution >= 0.6 is 0 Å². The number of rotatable bonds is 5. The SMILES string of the molecule is Cn1cc(-c2cnc3[nH]cc(-c4cc(C(O)(c5ccccc5)C5CCOCC5)no4)c3c2)cn1. The van der Waals surface area contributed by atoms with Crippen LogP contribution in [0.25, 0.3) is 33.5 Å². The Balaban J connectivity index is 1.43. The van der Waals surface area contributed by atoms with Gasteiger partial charge in [0.25, 0.3) is 0 Å². The van der Waals surface area contributed by atoms with Crippen LogP contribution in [0.2, 0.25) is 0 Å². The molecule has 1 aliphatic heterocycles. The van der Waals surface area contributed by atoms with Crippen molar-refractivity contribution in [3.05, 3.63) is 78.5 Å². The van der Waals surface area contributed by atoms with Gasteiger partial charge < -0.3 is 19.4 Å². The number of pyridine rings is 1. The normalized spacial score (nSPS) is 16.6. The largest absolute Gasteiger partial charge is 0.381 e. The fourth-order valence-corrected chi connectivity index (χ4v) is 4.92. The number of aryl methyl sites for hydroxylation is 1. The molecule has 8 heteroatoms. The van der Waals surface area contributed by atoms with Crippen LogP contribution in [0.5, 0.6) is 0 Å². The Labute approximate surface area is 196 Å². The van der Waals surface area contributed by atoms with Gasteiger partial charge >= 0.3 is 0 Å². The van der Waals surface area contributed by atoms with Gasteiger partial charge in [0.2, 0.25) is 0 Å². The van der Waals surface area contributed by atoms with Crippen LogP contribution in [0.3, 0.4) is 0 Å². The van der Waals surface area contributed by atoms with E-state index < -0.39 is 5.60 Å². The molecular weight excluding hydrogens is 430 g/mol. The molecule has 0 bridgehead atoms. The third kappa shape index (κ3) is 3.43. The molecule has 0 saturated carbocycles. The van der Waals surface area contributed by atoms with Crippen molar-refractivity contribution < 1.29 is 14.4 Å². The Bertz CT molecular complexity index is 1430. The van der Waals surface area contributed by atoms with Gasteiger partial charge in [0.1, 0.15) is 16.9 Å². The van der Waals surface area contributed by atoms with Crippen molar-refractivity contribution in [1.82, 2.24) is 24.9 Å². The fraction of sp³-hybridized carbons (Fsp3) is 0.269. The van der Waals surface area contributed by atoms with Gasteiger partial charge in [-0.05, 0) is 24.5 Å². The number of aromatic nitrogens is 5. The van der Waals surface area contributed by atoms with Gasteiger partial charge in [-0.25, -0.2) is 4.98 Å². The zero-order chi connectivity index (χ0) is 23.1. The first kappa shape index (κ1) is 20.8. The molecule has 1 fully saturated rings. The number of hydrogen-bond donors (Lipinski definition) is 2. The first-order valence-electron chi connectivity index (χ1n) is 11.4. The van der Waals surface area contributed by atoms with E-state index in [0.29, 0.717) is 24.7 Å². The fourth-order valence-electron chi connectivity index (χ4n) is 4.92. The number of fused-ring (bicyclic) bond motifs is 1. The summed E-state index contributed by atoms with van der Waals surface area (Å²) in [6.07, 6.45) is 8.96. The lowest BCUT2D eigenvalue weighted by molar-refractivity contribution is -0.0470. The number of nitrogens with one attached hydrogen (secondary N) is 1. The summed E-state index contributed by atoms with van der Waals surface area (Å²) in [5, 5.41) is 21.6. The van der Waals surface area contributed by atoms with Crippen LogP contribution in [-0.4, -0.2) is 43.2 Å². The zero-order valence-corrected chi connectivity index (χ0v) is 18.8. The topological polar surface area (TPSA) is 102 Å². The summed E-state index contributed by atoms with van der Waals surface area (Å²) in [6, 6.07) is 13.6. The van der Waals surface area contributed by atoms with Gasteiger partial charge in [-0.2, -0.15) is 5.10 Å². The van der Waals surface area contributed by atoms with E-state index >= 15 is 0 Å². The summed E-state index contributed by atoms with van der Waals surface area (Å²) in [6.45, 7) is 1.24. The van der Waals surface area contributed by atoms with Crippen LogP contribution in [0.4, 0.5) is 0 Å². The lowest BCUT2D eigenvalue weighted by Gasteiger charge is -2.37. The molecule has 0 spiro atoms. The number of ether oxygens (including phenoxy) is 1. The molecule has 34 heavy (non-hydrogen) atoms. The molecule has 4 aromatic heterocycles. The van der Waals surface area contributed by atoms with Gasteiger partial charge in [0.05, 0.1) is 6.20 Å². The summed E-state index contributed by atoms with van der Waals surface area (Å²) < 4.78 is 13.1. The molecular formula is C26H25N5O3. The van der Waals surface area contributed by atoms with E-state index in [2.05, 4.69) is 26.3 Å². The Morgan fingerprint density at radius 3 is 2.68 bits per heavy atom. The van der Waals surface area contributed by atoms with Crippen molar-refractivity contribution in [1.29, 1.82) is 0 Å². The van der Waals surface area contributed by atoms with E-state index in [0.717, 1.165) is 46.1 Å². The molecule has 2 N–H and O–H groups in total. The molecule has 172 valence electrons. The predicted octanol–water partition coefficient (Wildman–Crippen LogP) is 4.28. The van der Waals surface area contributed by atoms with Gasteiger partial charge in [-0.3, -0.25) is 4.68 Å². The number of aliphatic hydroxyl groups is 1. The Kier molecular flexibility index (Phi) is 5.04. The van der Waals surface area contributed by atoms with E-state index in [-0.39, 0.29) is 5.92 Å². The highest BCUT2D eigenvalue weighted by Crippen LogP contribution is 2.42. The van der Waals surface area contributed by atoms with Crippen molar-refractivity contribution in [2.24, 2.45) is 13.0 Å². The molecule has 1 aliphatic rings. The molecule has 1 atom stereocenters. The van der Waals surface area contributed by atoms with E-state index in [1.807, 2.05) is 68.2 Å². The third-order valence-electron chi connectivity index (χ3n) is 6.76. The summed E-state index contributed by atoms with van der Waals surface area (Å²) >= 11 is 0. The van der Waals surface area contributed by atoms with Crippen molar-refractivity contribution >= 4 is 11.0 Å². The monoisotopic (exact) mass is 455 g/mol. The van der Waals surface area contributed by atoms with Crippen LogP contribution in [-0.2, 0) is 17.4 Å². The maximum Gasteiger partial charge on any atom is 0.169 e. The van der Waals surface area contributed by atoms with E-state index in [1.54, 1.807) is 4.68 Å². The van der Waals surface area contributed by atoms with Crippen molar-refractivity contribution in [2.75, 3.05) is 13.2 Å². The molecule has 0 aliphatic carbocycles. The Hall–Kier alpha value is -3.75. The Morgan fingerprint density at radius 2 is 1.91 bits per heavy atom. The number of hydrogen-bond acceptors (Lipinski definition) is 6. The predicted molar refractivity (Wildman–Crippen MR) is 127 cm³/mol. The van der Waals surface area contributed by atoms with Gasteiger partial charge in [0, 0.05) is 72.9 Å². The van der Waals surface area contributed by atoms with Crippen LogP contribution < -0.4 is 0 Å². The minimum absolute atomic E-state index is 0.0246.